The minimum absolute atomic E-state index is 0.115. The van der Waals surface area contributed by atoms with Crippen LogP contribution in [0.2, 0.25) is 0 Å². The molecule has 0 atom stereocenters. The van der Waals surface area contributed by atoms with Crippen molar-refractivity contribution >= 4 is 17.1 Å². The summed E-state index contributed by atoms with van der Waals surface area (Å²) >= 11 is 1.66. The molecule has 0 spiro atoms. The predicted molar refractivity (Wildman–Crippen MR) is 54.0 cm³/mol. The van der Waals surface area contributed by atoms with Gasteiger partial charge >= 0.3 is 0 Å². The van der Waals surface area contributed by atoms with Gasteiger partial charge in [0.1, 0.15) is 5.78 Å². The standard InChI is InChI=1S/C10H14O2S/c11-6-1-2-10(12)4-3-9-5-7-13-8-9/h5,7-8,11H,1-4,6H2. The van der Waals surface area contributed by atoms with Crippen molar-refractivity contribution in [2.24, 2.45) is 0 Å². The molecule has 0 unspecified atom stereocenters. The van der Waals surface area contributed by atoms with E-state index in [-0.39, 0.29) is 12.4 Å². The lowest BCUT2D eigenvalue weighted by atomic mass is 10.1. The van der Waals surface area contributed by atoms with Crippen molar-refractivity contribution in [3.63, 3.8) is 0 Å². The molecule has 1 heterocycles. The summed E-state index contributed by atoms with van der Waals surface area (Å²) in [5.41, 5.74) is 1.24. The van der Waals surface area contributed by atoms with Crippen LogP contribution in [-0.4, -0.2) is 17.5 Å². The van der Waals surface area contributed by atoms with Gasteiger partial charge in [-0.15, -0.1) is 0 Å². The highest BCUT2D eigenvalue weighted by molar-refractivity contribution is 7.07. The molecular weight excluding hydrogens is 184 g/mol. The number of hydrogen-bond acceptors (Lipinski definition) is 3. The van der Waals surface area contributed by atoms with Gasteiger partial charge in [0, 0.05) is 19.4 Å². The van der Waals surface area contributed by atoms with E-state index in [0.29, 0.717) is 19.3 Å². The molecule has 0 bridgehead atoms. The Morgan fingerprint density at radius 1 is 1.46 bits per heavy atom. The lowest BCUT2D eigenvalue weighted by molar-refractivity contribution is -0.119. The first-order valence-electron chi connectivity index (χ1n) is 4.46. The van der Waals surface area contributed by atoms with Crippen LogP contribution in [0.4, 0.5) is 0 Å². The fourth-order valence-electron chi connectivity index (χ4n) is 1.12. The van der Waals surface area contributed by atoms with Gasteiger partial charge in [0.15, 0.2) is 0 Å². The summed E-state index contributed by atoms with van der Waals surface area (Å²) in [5.74, 6) is 0.250. The van der Waals surface area contributed by atoms with Crippen molar-refractivity contribution in [2.45, 2.75) is 25.7 Å². The topological polar surface area (TPSA) is 37.3 Å². The molecule has 0 amide bonds. The Bertz CT molecular complexity index is 241. The van der Waals surface area contributed by atoms with Gasteiger partial charge in [-0.05, 0) is 35.2 Å². The third-order valence-corrected chi connectivity index (χ3v) is 2.62. The van der Waals surface area contributed by atoms with Crippen LogP contribution in [0.3, 0.4) is 0 Å². The van der Waals surface area contributed by atoms with E-state index in [0.717, 1.165) is 6.42 Å². The van der Waals surface area contributed by atoms with Gasteiger partial charge in [-0.1, -0.05) is 0 Å². The number of aliphatic hydroxyl groups is 1. The molecule has 1 aromatic rings. The number of carbonyl (C=O) groups is 1. The Kier molecular flexibility index (Phi) is 4.72. The third-order valence-electron chi connectivity index (χ3n) is 1.89. The first-order valence-corrected chi connectivity index (χ1v) is 5.41. The lowest BCUT2D eigenvalue weighted by Crippen LogP contribution is -2.00. The van der Waals surface area contributed by atoms with E-state index in [4.69, 9.17) is 5.11 Å². The molecule has 0 saturated heterocycles. The summed E-state index contributed by atoms with van der Waals surface area (Å²) in [6, 6.07) is 2.05. The number of Topliss-reactive ketones (excluding diaryl/α,β-unsaturated/α-hetero) is 1. The van der Waals surface area contributed by atoms with Crippen LogP contribution in [0.25, 0.3) is 0 Å². The Morgan fingerprint density at radius 3 is 2.92 bits per heavy atom. The van der Waals surface area contributed by atoms with Crippen molar-refractivity contribution in [2.75, 3.05) is 6.61 Å². The molecule has 0 aliphatic carbocycles. The monoisotopic (exact) mass is 198 g/mol. The quantitative estimate of drug-likeness (QED) is 0.759. The highest BCUT2D eigenvalue weighted by atomic mass is 32.1. The maximum absolute atomic E-state index is 11.2. The van der Waals surface area contributed by atoms with E-state index in [1.165, 1.54) is 5.56 Å². The Labute approximate surface area is 82.2 Å². The normalized spacial score (nSPS) is 10.2. The molecule has 0 aliphatic heterocycles. The third kappa shape index (κ3) is 4.20. The molecule has 0 aliphatic rings. The number of aliphatic hydroxyl groups excluding tert-OH is 1. The maximum atomic E-state index is 11.2. The van der Waals surface area contributed by atoms with Crippen LogP contribution in [0, 0.1) is 0 Å². The molecular formula is C10H14O2S. The Hall–Kier alpha value is -0.670. The molecule has 0 saturated carbocycles. The fourth-order valence-corrected chi connectivity index (χ4v) is 1.82. The minimum atomic E-state index is 0.115. The van der Waals surface area contributed by atoms with Crippen molar-refractivity contribution < 1.29 is 9.90 Å². The minimum Gasteiger partial charge on any atom is -0.396 e. The maximum Gasteiger partial charge on any atom is 0.133 e. The summed E-state index contributed by atoms with van der Waals surface area (Å²) in [6.45, 7) is 0.115. The van der Waals surface area contributed by atoms with E-state index < -0.39 is 0 Å². The molecule has 0 aromatic carbocycles. The summed E-state index contributed by atoms with van der Waals surface area (Å²) in [4.78, 5) is 11.2. The average molecular weight is 198 g/mol. The molecule has 3 heteroatoms. The van der Waals surface area contributed by atoms with Gasteiger partial charge in [0.2, 0.25) is 0 Å². The van der Waals surface area contributed by atoms with Crippen LogP contribution >= 0.6 is 11.3 Å². The molecule has 1 aromatic heterocycles. The van der Waals surface area contributed by atoms with Gasteiger partial charge in [0.05, 0.1) is 0 Å². The van der Waals surface area contributed by atoms with Crippen LogP contribution in [-0.2, 0) is 11.2 Å². The largest absolute Gasteiger partial charge is 0.396 e. The van der Waals surface area contributed by atoms with Gasteiger partial charge in [-0.25, -0.2) is 0 Å². The van der Waals surface area contributed by atoms with E-state index in [2.05, 4.69) is 5.38 Å². The molecule has 2 nitrogen and oxygen atoms in total. The van der Waals surface area contributed by atoms with Gasteiger partial charge in [-0.2, -0.15) is 11.3 Å². The first kappa shape index (κ1) is 10.4. The molecule has 72 valence electrons. The predicted octanol–water partition coefficient (Wildman–Crippen LogP) is 2.02. The SMILES string of the molecule is O=C(CCCO)CCc1ccsc1. The van der Waals surface area contributed by atoms with E-state index in [1.807, 2.05) is 11.4 Å². The Balaban J connectivity index is 2.15. The average Bonchev–Trinajstić information content (AvgIpc) is 2.64. The second kappa shape index (κ2) is 5.89. The van der Waals surface area contributed by atoms with Crippen molar-refractivity contribution in [3.8, 4) is 0 Å². The highest BCUT2D eigenvalue weighted by Crippen LogP contribution is 2.09. The van der Waals surface area contributed by atoms with Crippen molar-refractivity contribution in [3.05, 3.63) is 22.4 Å². The summed E-state index contributed by atoms with van der Waals surface area (Å²) in [6.07, 6.45) is 2.56. The number of thiophene rings is 1. The van der Waals surface area contributed by atoms with Gasteiger partial charge in [0.25, 0.3) is 0 Å². The first-order chi connectivity index (χ1) is 6.33. The molecule has 13 heavy (non-hydrogen) atoms. The fraction of sp³-hybridized carbons (Fsp3) is 0.500. The zero-order chi connectivity index (χ0) is 9.52. The second-order valence-electron chi connectivity index (χ2n) is 3.00. The van der Waals surface area contributed by atoms with Crippen LogP contribution in [0.5, 0.6) is 0 Å². The second-order valence-corrected chi connectivity index (χ2v) is 3.78. The van der Waals surface area contributed by atoms with Crippen LogP contribution < -0.4 is 0 Å². The highest BCUT2D eigenvalue weighted by Gasteiger charge is 2.02. The van der Waals surface area contributed by atoms with E-state index in [1.54, 1.807) is 11.3 Å². The summed E-state index contributed by atoms with van der Waals surface area (Å²) < 4.78 is 0. The zero-order valence-electron chi connectivity index (χ0n) is 7.53. The van der Waals surface area contributed by atoms with Crippen molar-refractivity contribution in [1.82, 2.24) is 0 Å². The summed E-state index contributed by atoms with van der Waals surface area (Å²) in [5, 5.41) is 12.6. The zero-order valence-corrected chi connectivity index (χ0v) is 8.35. The van der Waals surface area contributed by atoms with Gasteiger partial charge < -0.3 is 5.11 Å². The molecule has 0 radical (unpaired) electrons. The number of rotatable bonds is 6. The van der Waals surface area contributed by atoms with Crippen LogP contribution in [0.15, 0.2) is 16.8 Å². The van der Waals surface area contributed by atoms with E-state index >= 15 is 0 Å². The lowest BCUT2D eigenvalue weighted by Gasteiger charge is -1.97. The van der Waals surface area contributed by atoms with E-state index in [9.17, 15) is 4.79 Å². The van der Waals surface area contributed by atoms with Crippen LogP contribution in [0.1, 0.15) is 24.8 Å². The number of carbonyl (C=O) groups excluding carboxylic acids is 1. The molecule has 0 fully saturated rings. The van der Waals surface area contributed by atoms with Crippen molar-refractivity contribution in [1.29, 1.82) is 0 Å². The number of aryl methyl sites for hydroxylation is 1. The smallest absolute Gasteiger partial charge is 0.133 e. The Morgan fingerprint density at radius 2 is 2.31 bits per heavy atom. The summed E-state index contributed by atoms with van der Waals surface area (Å²) in [7, 11) is 0. The number of hydrogen-bond donors (Lipinski definition) is 1. The number of ketones is 1. The molecule has 1 rings (SSSR count). The van der Waals surface area contributed by atoms with Gasteiger partial charge in [-0.3, -0.25) is 4.79 Å². The molecule has 1 N–H and O–H groups in total.